The number of carbonyl (C=O) groups is 1. The van der Waals surface area contributed by atoms with E-state index in [4.69, 9.17) is 14.6 Å². The Hall–Kier alpha value is -1.97. The molecule has 4 heteroatoms. The third-order valence-electron chi connectivity index (χ3n) is 2.00. The lowest BCUT2D eigenvalue weighted by atomic mass is 10.1. The van der Waals surface area contributed by atoms with Crippen molar-refractivity contribution >= 4 is 12.0 Å². The lowest BCUT2D eigenvalue weighted by molar-refractivity contribution is -0.131. The van der Waals surface area contributed by atoms with Crippen LogP contribution in [-0.2, 0) is 4.79 Å². The Labute approximate surface area is 100 Å². The monoisotopic (exact) mass is 236 g/mol. The van der Waals surface area contributed by atoms with Gasteiger partial charge in [-0.25, -0.2) is 4.79 Å². The highest BCUT2D eigenvalue weighted by molar-refractivity contribution is 5.86. The fourth-order valence-corrected chi connectivity index (χ4v) is 1.39. The van der Waals surface area contributed by atoms with Gasteiger partial charge >= 0.3 is 5.97 Å². The van der Waals surface area contributed by atoms with Crippen molar-refractivity contribution in [1.82, 2.24) is 0 Å². The summed E-state index contributed by atoms with van der Waals surface area (Å²) < 4.78 is 10.9. The minimum Gasteiger partial charge on any atom is -0.490 e. The average Bonchev–Trinajstić information content (AvgIpc) is 2.30. The minimum absolute atomic E-state index is 0.498. The van der Waals surface area contributed by atoms with E-state index in [1.54, 1.807) is 18.2 Å². The van der Waals surface area contributed by atoms with Crippen molar-refractivity contribution in [3.05, 3.63) is 29.8 Å². The number of ether oxygens (including phenoxy) is 2. The van der Waals surface area contributed by atoms with Gasteiger partial charge in [-0.05, 0) is 26.0 Å². The van der Waals surface area contributed by atoms with Crippen LogP contribution in [0, 0.1) is 0 Å². The first-order valence-electron chi connectivity index (χ1n) is 5.48. The molecule has 1 aromatic carbocycles. The molecule has 0 unspecified atom stereocenters. The maximum absolute atomic E-state index is 10.5. The molecule has 1 rings (SSSR count). The van der Waals surface area contributed by atoms with Crippen molar-refractivity contribution in [2.45, 2.75) is 13.8 Å². The normalized spacial score (nSPS) is 10.5. The number of para-hydroxylation sites is 1. The molecular weight excluding hydrogens is 220 g/mol. The zero-order chi connectivity index (χ0) is 12.7. The van der Waals surface area contributed by atoms with E-state index in [0.717, 1.165) is 6.08 Å². The fraction of sp³-hybridized carbons (Fsp3) is 0.308. The highest BCUT2D eigenvalue weighted by Gasteiger charge is 2.08. The zero-order valence-corrected chi connectivity index (χ0v) is 9.97. The van der Waals surface area contributed by atoms with Gasteiger partial charge in [-0.1, -0.05) is 12.1 Å². The van der Waals surface area contributed by atoms with Gasteiger partial charge in [0.15, 0.2) is 11.5 Å². The molecule has 1 N–H and O–H groups in total. The van der Waals surface area contributed by atoms with E-state index < -0.39 is 5.97 Å². The van der Waals surface area contributed by atoms with Crippen LogP contribution in [0.3, 0.4) is 0 Å². The number of hydrogen-bond donors (Lipinski definition) is 1. The largest absolute Gasteiger partial charge is 0.490 e. The molecule has 17 heavy (non-hydrogen) atoms. The van der Waals surface area contributed by atoms with Crippen LogP contribution in [-0.4, -0.2) is 24.3 Å². The summed E-state index contributed by atoms with van der Waals surface area (Å²) in [5.41, 5.74) is 0.695. The van der Waals surface area contributed by atoms with Crippen LogP contribution in [0.25, 0.3) is 6.08 Å². The van der Waals surface area contributed by atoms with Gasteiger partial charge in [0.1, 0.15) is 0 Å². The average molecular weight is 236 g/mol. The van der Waals surface area contributed by atoms with Crippen molar-refractivity contribution < 1.29 is 19.4 Å². The lowest BCUT2D eigenvalue weighted by Gasteiger charge is -2.12. The van der Waals surface area contributed by atoms with Gasteiger partial charge in [0.05, 0.1) is 13.2 Å². The van der Waals surface area contributed by atoms with E-state index in [1.165, 1.54) is 6.08 Å². The van der Waals surface area contributed by atoms with E-state index in [9.17, 15) is 4.79 Å². The molecule has 92 valence electrons. The first-order chi connectivity index (χ1) is 8.19. The topological polar surface area (TPSA) is 55.8 Å². The van der Waals surface area contributed by atoms with E-state index in [2.05, 4.69) is 0 Å². The highest BCUT2D eigenvalue weighted by atomic mass is 16.5. The van der Waals surface area contributed by atoms with Crippen LogP contribution >= 0.6 is 0 Å². The van der Waals surface area contributed by atoms with E-state index in [1.807, 2.05) is 13.8 Å². The Morgan fingerprint density at radius 2 is 2.00 bits per heavy atom. The minimum atomic E-state index is -0.991. The van der Waals surface area contributed by atoms with Gasteiger partial charge in [0.25, 0.3) is 0 Å². The fourth-order valence-electron chi connectivity index (χ4n) is 1.39. The highest BCUT2D eigenvalue weighted by Crippen LogP contribution is 2.32. The molecule has 0 aliphatic rings. The van der Waals surface area contributed by atoms with Crippen LogP contribution in [0.5, 0.6) is 11.5 Å². The second kappa shape index (κ2) is 6.58. The van der Waals surface area contributed by atoms with Crippen molar-refractivity contribution in [2.75, 3.05) is 13.2 Å². The third kappa shape index (κ3) is 3.83. The standard InChI is InChI=1S/C13H16O4/c1-3-16-11-7-5-6-10(8-9-12(14)15)13(11)17-4-2/h5-9H,3-4H2,1-2H3,(H,14,15)/b9-8+. The molecule has 0 saturated carbocycles. The predicted molar refractivity (Wildman–Crippen MR) is 65.4 cm³/mol. The molecule has 0 saturated heterocycles. The van der Waals surface area contributed by atoms with E-state index >= 15 is 0 Å². The Balaban J connectivity index is 3.09. The summed E-state index contributed by atoms with van der Waals surface area (Å²) >= 11 is 0. The molecule has 0 fully saturated rings. The van der Waals surface area contributed by atoms with Crippen LogP contribution in [0.15, 0.2) is 24.3 Å². The molecule has 0 heterocycles. The van der Waals surface area contributed by atoms with E-state index in [0.29, 0.717) is 30.3 Å². The van der Waals surface area contributed by atoms with E-state index in [-0.39, 0.29) is 0 Å². The first kappa shape index (κ1) is 13.1. The maximum atomic E-state index is 10.5. The number of benzene rings is 1. The molecule has 0 bridgehead atoms. The van der Waals surface area contributed by atoms with Gasteiger partial charge in [-0.2, -0.15) is 0 Å². The molecule has 0 aromatic heterocycles. The second-order valence-corrected chi connectivity index (χ2v) is 3.21. The van der Waals surface area contributed by atoms with Gasteiger partial charge in [-0.15, -0.1) is 0 Å². The van der Waals surface area contributed by atoms with Gasteiger partial charge in [0.2, 0.25) is 0 Å². The third-order valence-corrected chi connectivity index (χ3v) is 2.00. The summed E-state index contributed by atoms with van der Waals surface area (Å²) in [5, 5.41) is 8.61. The van der Waals surface area contributed by atoms with Gasteiger partial charge in [0, 0.05) is 11.6 Å². The smallest absolute Gasteiger partial charge is 0.328 e. The van der Waals surface area contributed by atoms with Crippen LogP contribution in [0.2, 0.25) is 0 Å². The SMILES string of the molecule is CCOc1cccc(/C=C/C(=O)O)c1OCC. The summed E-state index contributed by atoms with van der Waals surface area (Å²) in [6, 6.07) is 5.38. The van der Waals surface area contributed by atoms with Gasteiger partial charge in [-0.3, -0.25) is 0 Å². The Morgan fingerprint density at radius 1 is 1.29 bits per heavy atom. The predicted octanol–water partition coefficient (Wildman–Crippen LogP) is 2.58. The Bertz CT molecular complexity index is 410. The summed E-state index contributed by atoms with van der Waals surface area (Å²) in [5.74, 6) is 0.213. The molecule has 0 spiro atoms. The van der Waals surface area contributed by atoms with Crippen molar-refractivity contribution in [3.63, 3.8) is 0 Å². The lowest BCUT2D eigenvalue weighted by Crippen LogP contribution is -2.00. The summed E-state index contributed by atoms with van der Waals surface area (Å²) in [6.07, 6.45) is 2.57. The summed E-state index contributed by atoms with van der Waals surface area (Å²) in [6.45, 7) is 4.78. The number of aliphatic carboxylic acids is 1. The van der Waals surface area contributed by atoms with Crippen molar-refractivity contribution in [1.29, 1.82) is 0 Å². The first-order valence-corrected chi connectivity index (χ1v) is 5.48. The molecule has 0 atom stereocenters. The molecule has 1 aromatic rings. The van der Waals surface area contributed by atoms with Crippen molar-refractivity contribution in [3.8, 4) is 11.5 Å². The van der Waals surface area contributed by atoms with Crippen molar-refractivity contribution in [2.24, 2.45) is 0 Å². The molecule has 0 radical (unpaired) electrons. The quantitative estimate of drug-likeness (QED) is 0.771. The Morgan fingerprint density at radius 3 is 2.59 bits per heavy atom. The van der Waals surface area contributed by atoms with Gasteiger partial charge < -0.3 is 14.6 Å². The second-order valence-electron chi connectivity index (χ2n) is 3.21. The molecule has 0 aliphatic carbocycles. The Kier molecular flexibility index (Phi) is 5.07. The number of rotatable bonds is 6. The zero-order valence-electron chi connectivity index (χ0n) is 9.97. The summed E-state index contributed by atoms with van der Waals surface area (Å²) in [7, 11) is 0. The van der Waals surface area contributed by atoms with Crippen LogP contribution < -0.4 is 9.47 Å². The van der Waals surface area contributed by atoms with Crippen LogP contribution in [0.4, 0.5) is 0 Å². The maximum Gasteiger partial charge on any atom is 0.328 e. The molecular formula is C13H16O4. The molecule has 0 amide bonds. The number of hydrogen-bond acceptors (Lipinski definition) is 3. The molecule has 0 aliphatic heterocycles. The number of carboxylic acids is 1. The molecule has 4 nitrogen and oxygen atoms in total. The number of carboxylic acid groups (broad SMARTS) is 1. The van der Waals surface area contributed by atoms with Crippen LogP contribution in [0.1, 0.15) is 19.4 Å². The summed E-state index contributed by atoms with van der Waals surface area (Å²) in [4.78, 5) is 10.5.